The van der Waals surface area contributed by atoms with E-state index in [0.29, 0.717) is 0 Å². The van der Waals surface area contributed by atoms with E-state index in [2.05, 4.69) is 11.4 Å². The van der Waals surface area contributed by atoms with Gasteiger partial charge in [0.25, 0.3) is 10.0 Å². The van der Waals surface area contributed by atoms with E-state index in [1.165, 1.54) is 17.2 Å². The molecule has 0 atom stereocenters. The first kappa shape index (κ1) is 19.3. The number of amides is 2. The molecule has 0 unspecified atom stereocenters. The molecule has 0 saturated carbocycles. The average molecular weight is 416 g/mol. The maximum atomic E-state index is 12.4. The van der Waals surface area contributed by atoms with Crippen LogP contribution in [0.3, 0.4) is 0 Å². The fourth-order valence-corrected chi connectivity index (χ4v) is 4.67. The summed E-state index contributed by atoms with van der Waals surface area (Å²) >= 11 is 0. The highest BCUT2D eigenvalue weighted by atomic mass is 32.2. The highest BCUT2D eigenvalue weighted by Gasteiger charge is 2.25. The summed E-state index contributed by atoms with van der Waals surface area (Å²) < 4.78 is 31.3. The minimum Gasteiger partial charge on any atom is -0.478 e. The van der Waals surface area contributed by atoms with Crippen molar-refractivity contribution in [2.75, 3.05) is 5.32 Å². The summed E-state index contributed by atoms with van der Waals surface area (Å²) in [7, 11) is -4.09. The number of fused-ring (bicyclic) bond motifs is 2. The molecule has 1 aromatic heterocycles. The maximum absolute atomic E-state index is 12.4. The second-order valence-electron chi connectivity index (χ2n) is 7.18. The number of anilines is 1. The monoisotopic (exact) mass is 416 g/mol. The number of hydrogen-bond donors (Lipinski definition) is 3. The lowest BCUT2D eigenvalue weighted by Gasteiger charge is -2.16. The number of furan rings is 1. The van der Waals surface area contributed by atoms with Crippen LogP contribution in [-0.2, 0) is 35.7 Å². The lowest BCUT2D eigenvalue weighted by Crippen LogP contribution is -2.33. The maximum Gasteiger partial charge on any atom is 0.338 e. The zero-order valence-corrected chi connectivity index (χ0v) is 16.3. The van der Waals surface area contributed by atoms with Gasteiger partial charge in [0.05, 0.1) is 11.0 Å². The molecule has 29 heavy (non-hydrogen) atoms. The van der Waals surface area contributed by atoms with Gasteiger partial charge < -0.3 is 14.8 Å². The molecule has 2 amide bonds. The molecule has 1 aromatic carbocycles. The molecule has 4 rings (SSSR count). The van der Waals surface area contributed by atoms with Crippen LogP contribution in [0.15, 0.2) is 28.2 Å². The Balaban J connectivity index is 1.48. The third-order valence-corrected chi connectivity index (χ3v) is 6.19. The Hall–Kier alpha value is -3.07. The molecule has 1 heterocycles. The summed E-state index contributed by atoms with van der Waals surface area (Å²) in [6, 6.07) is 2.59. The van der Waals surface area contributed by atoms with Gasteiger partial charge in [0.15, 0.2) is 0 Å². The first-order valence-corrected chi connectivity index (χ1v) is 10.9. The van der Waals surface area contributed by atoms with E-state index in [1.807, 2.05) is 4.72 Å². The number of nitrogens with one attached hydrogen (secondary N) is 2. The molecular formula is C20H20N2O6S. The van der Waals surface area contributed by atoms with Crippen molar-refractivity contribution in [1.82, 2.24) is 4.72 Å². The molecule has 0 fully saturated rings. The Kier molecular flexibility index (Phi) is 4.91. The van der Waals surface area contributed by atoms with E-state index >= 15 is 0 Å². The first-order chi connectivity index (χ1) is 13.8. The van der Waals surface area contributed by atoms with Crippen LogP contribution in [0.1, 0.15) is 51.2 Å². The number of urea groups is 1. The molecule has 2 aromatic rings. The summed E-state index contributed by atoms with van der Waals surface area (Å²) in [5.41, 5.74) is 5.32. The van der Waals surface area contributed by atoms with Crippen molar-refractivity contribution >= 4 is 33.8 Å². The molecule has 0 radical (unpaired) electrons. The molecular weight excluding hydrogens is 396 g/mol. The van der Waals surface area contributed by atoms with E-state index < -0.39 is 22.0 Å². The number of benzene rings is 1. The number of sulfonamides is 1. The van der Waals surface area contributed by atoms with Gasteiger partial charge in [-0.3, -0.25) is 0 Å². The predicted octanol–water partition coefficient (Wildman–Crippen LogP) is 3.08. The van der Waals surface area contributed by atoms with Crippen molar-refractivity contribution in [3.05, 3.63) is 57.4 Å². The number of aryl methyl sites for hydroxylation is 2. The van der Waals surface area contributed by atoms with Crippen LogP contribution in [0.2, 0.25) is 0 Å². The Bertz CT molecular complexity index is 1100. The zero-order chi connectivity index (χ0) is 20.6. The van der Waals surface area contributed by atoms with Crippen molar-refractivity contribution in [2.24, 2.45) is 0 Å². The van der Waals surface area contributed by atoms with E-state index in [0.717, 1.165) is 73.1 Å². The van der Waals surface area contributed by atoms with Crippen molar-refractivity contribution < 1.29 is 27.5 Å². The van der Waals surface area contributed by atoms with Gasteiger partial charge in [-0.2, -0.15) is 0 Å². The zero-order valence-electron chi connectivity index (χ0n) is 15.5. The van der Waals surface area contributed by atoms with Crippen LogP contribution < -0.4 is 10.0 Å². The fraction of sp³-hybridized carbons (Fsp3) is 0.300. The molecule has 0 aliphatic heterocycles. The second kappa shape index (κ2) is 7.40. The van der Waals surface area contributed by atoms with E-state index in [-0.39, 0.29) is 11.3 Å². The number of carboxylic acids is 1. The van der Waals surface area contributed by atoms with Gasteiger partial charge in [-0.15, -0.1) is 0 Å². The molecule has 8 nitrogen and oxygen atoms in total. The average Bonchev–Trinajstić information content (AvgIpc) is 3.39. The molecule has 2 aliphatic carbocycles. The third-order valence-electron chi connectivity index (χ3n) is 5.22. The highest BCUT2D eigenvalue weighted by Crippen LogP contribution is 2.38. The van der Waals surface area contributed by atoms with Gasteiger partial charge in [-0.05, 0) is 72.9 Å². The van der Waals surface area contributed by atoms with Crippen LogP contribution in [0.4, 0.5) is 10.5 Å². The van der Waals surface area contributed by atoms with E-state index in [1.54, 1.807) is 0 Å². The number of carbonyl (C=O) groups excluding carboxylic acids is 1. The van der Waals surface area contributed by atoms with Crippen molar-refractivity contribution in [3.63, 3.8) is 0 Å². The van der Waals surface area contributed by atoms with Crippen LogP contribution >= 0.6 is 0 Å². The molecule has 0 bridgehead atoms. The molecule has 9 heteroatoms. The number of aromatic carboxylic acids is 1. The summed E-state index contributed by atoms with van der Waals surface area (Å²) in [5.74, 6) is -1.14. The molecule has 152 valence electrons. The van der Waals surface area contributed by atoms with Gasteiger partial charge in [0.2, 0.25) is 0 Å². The number of carboxylic acid groups (broad SMARTS) is 1. The largest absolute Gasteiger partial charge is 0.478 e. The SMILES string of the molecule is O=C(Nc1c2c(cc3c1CCC3)CCC2)NS(=O)(=O)/C=C/c1cc(C(=O)O)co1. The standard InChI is InChI=1S/C20H20N2O6S/c23-19(24)14-10-15(28-11-14)7-8-29(26,27)22-20(25)21-18-16-5-1-3-12(16)9-13-4-2-6-17(13)18/h7-11H,1-6H2,(H,23,24)(H2,21,22,25)/b8-7+. The number of rotatable bonds is 5. The van der Waals surface area contributed by atoms with Gasteiger partial charge >= 0.3 is 12.0 Å². The minimum absolute atomic E-state index is 0.0480. The van der Waals surface area contributed by atoms with Crippen LogP contribution in [0.5, 0.6) is 0 Å². The van der Waals surface area contributed by atoms with Crippen LogP contribution in [0, 0.1) is 0 Å². The fourth-order valence-electron chi connectivity index (χ4n) is 3.98. The Labute approximate surface area is 167 Å². The van der Waals surface area contributed by atoms with Crippen molar-refractivity contribution in [2.45, 2.75) is 38.5 Å². The van der Waals surface area contributed by atoms with E-state index in [4.69, 9.17) is 9.52 Å². The number of hydrogen-bond acceptors (Lipinski definition) is 5. The molecule has 3 N–H and O–H groups in total. The summed E-state index contributed by atoms with van der Waals surface area (Å²) in [5, 5.41) is 12.4. The molecule has 2 aliphatic rings. The quantitative estimate of drug-likeness (QED) is 0.688. The third kappa shape index (κ3) is 4.04. The van der Waals surface area contributed by atoms with Crippen LogP contribution in [-0.4, -0.2) is 25.5 Å². The molecule has 0 spiro atoms. The van der Waals surface area contributed by atoms with Crippen molar-refractivity contribution in [3.8, 4) is 0 Å². The predicted molar refractivity (Wildman–Crippen MR) is 106 cm³/mol. The summed E-state index contributed by atoms with van der Waals surface area (Å²) in [4.78, 5) is 23.2. The van der Waals surface area contributed by atoms with Gasteiger partial charge in [0.1, 0.15) is 12.0 Å². The van der Waals surface area contributed by atoms with Gasteiger partial charge in [0, 0.05) is 5.69 Å². The smallest absolute Gasteiger partial charge is 0.338 e. The lowest BCUT2D eigenvalue weighted by molar-refractivity contribution is 0.0696. The summed E-state index contributed by atoms with van der Waals surface area (Å²) in [6.07, 6.45) is 7.83. The highest BCUT2D eigenvalue weighted by molar-refractivity contribution is 7.93. The first-order valence-electron chi connectivity index (χ1n) is 9.32. The molecule has 0 saturated heterocycles. The Morgan fingerprint density at radius 1 is 1.03 bits per heavy atom. The number of carbonyl (C=O) groups is 2. The van der Waals surface area contributed by atoms with E-state index in [9.17, 15) is 18.0 Å². The van der Waals surface area contributed by atoms with Gasteiger partial charge in [-0.1, -0.05) is 6.07 Å². The van der Waals surface area contributed by atoms with Crippen molar-refractivity contribution in [1.29, 1.82) is 0 Å². The topological polar surface area (TPSA) is 126 Å². The Morgan fingerprint density at radius 3 is 2.28 bits per heavy atom. The second-order valence-corrected chi connectivity index (χ2v) is 8.75. The minimum atomic E-state index is -4.09. The lowest BCUT2D eigenvalue weighted by atomic mass is 9.99. The Morgan fingerprint density at radius 2 is 1.69 bits per heavy atom. The summed E-state index contributed by atoms with van der Waals surface area (Å²) in [6.45, 7) is 0. The normalized spacial score (nSPS) is 15.3. The van der Waals surface area contributed by atoms with Gasteiger partial charge in [-0.25, -0.2) is 22.7 Å². The van der Waals surface area contributed by atoms with Crippen LogP contribution in [0.25, 0.3) is 6.08 Å².